The summed E-state index contributed by atoms with van der Waals surface area (Å²) in [4.78, 5) is 0. The minimum absolute atomic E-state index is 1.08. The van der Waals surface area contributed by atoms with Crippen LogP contribution in [-0.2, 0) is 7.05 Å². The SMILES string of the molecule is C=C(C)C1=CC(c2ccc(C)c(-c3c4ccccc4cc[n+]3C)c2)=CCC1.CC. The van der Waals surface area contributed by atoms with E-state index in [4.69, 9.17) is 0 Å². The van der Waals surface area contributed by atoms with Crippen molar-refractivity contribution in [2.75, 3.05) is 0 Å². The number of aromatic nitrogens is 1. The van der Waals surface area contributed by atoms with Crippen LogP contribution in [0.25, 0.3) is 27.6 Å². The van der Waals surface area contributed by atoms with Crippen LogP contribution in [0.5, 0.6) is 0 Å². The summed E-state index contributed by atoms with van der Waals surface area (Å²) in [6, 6.07) is 17.6. The van der Waals surface area contributed by atoms with Gasteiger partial charge in [0.2, 0.25) is 5.69 Å². The molecule has 1 aliphatic rings. The summed E-state index contributed by atoms with van der Waals surface area (Å²) in [6.45, 7) is 12.4. The van der Waals surface area contributed by atoms with Gasteiger partial charge in [0.1, 0.15) is 7.05 Å². The molecule has 0 amide bonds. The molecule has 0 saturated heterocycles. The normalized spacial score (nSPS) is 13.3. The maximum atomic E-state index is 4.13. The van der Waals surface area contributed by atoms with E-state index in [0.717, 1.165) is 12.8 Å². The third kappa shape index (κ3) is 4.24. The zero-order valence-electron chi connectivity index (χ0n) is 18.4. The van der Waals surface area contributed by atoms with E-state index in [0.29, 0.717) is 0 Å². The highest BCUT2D eigenvalue weighted by Gasteiger charge is 2.18. The Kier molecular flexibility index (Phi) is 6.49. The Labute approximate surface area is 175 Å². The molecule has 4 rings (SSSR count). The summed E-state index contributed by atoms with van der Waals surface area (Å²) >= 11 is 0. The van der Waals surface area contributed by atoms with Crippen molar-refractivity contribution in [3.63, 3.8) is 0 Å². The number of nitrogens with zero attached hydrogens (tertiary/aromatic N) is 1. The molecule has 0 saturated carbocycles. The molecule has 0 radical (unpaired) electrons. The van der Waals surface area contributed by atoms with Crippen LogP contribution in [-0.4, -0.2) is 0 Å². The first kappa shape index (κ1) is 20.8. The highest BCUT2D eigenvalue weighted by atomic mass is 14.9. The first-order valence-electron chi connectivity index (χ1n) is 10.6. The fourth-order valence-electron chi connectivity index (χ4n) is 3.95. The third-order valence-corrected chi connectivity index (χ3v) is 5.53. The molecule has 2 aromatic carbocycles. The Morgan fingerprint density at radius 2 is 1.79 bits per heavy atom. The molecule has 0 N–H and O–H groups in total. The number of allylic oxidation sites excluding steroid dienone is 5. The van der Waals surface area contributed by atoms with E-state index < -0.39 is 0 Å². The Morgan fingerprint density at radius 1 is 1.03 bits per heavy atom. The molecule has 1 nitrogen and oxygen atoms in total. The average Bonchev–Trinajstić information content (AvgIpc) is 2.76. The average molecular weight is 383 g/mol. The molecule has 148 valence electrons. The van der Waals surface area contributed by atoms with Gasteiger partial charge in [0.25, 0.3) is 0 Å². The van der Waals surface area contributed by atoms with Gasteiger partial charge in [0.15, 0.2) is 6.20 Å². The van der Waals surface area contributed by atoms with E-state index in [9.17, 15) is 0 Å². The van der Waals surface area contributed by atoms with Crippen LogP contribution in [0.15, 0.2) is 84.6 Å². The van der Waals surface area contributed by atoms with Crippen LogP contribution >= 0.6 is 0 Å². The lowest BCUT2D eigenvalue weighted by molar-refractivity contribution is -0.659. The van der Waals surface area contributed by atoms with Crippen molar-refractivity contribution in [2.45, 2.75) is 40.5 Å². The van der Waals surface area contributed by atoms with Crippen molar-refractivity contribution >= 4 is 16.3 Å². The van der Waals surface area contributed by atoms with Gasteiger partial charge in [-0.25, -0.2) is 4.57 Å². The molecule has 1 heteroatoms. The van der Waals surface area contributed by atoms with Gasteiger partial charge in [0, 0.05) is 6.07 Å². The second-order valence-electron chi connectivity index (χ2n) is 7.54. The molecular weight excluding hydrogens is 350 g/mol. The predicted octanol–water partition coefficient (Wildman–Crippen LogP) is 7.35. The topological polar surface area (TPSA) is 3.88 Å². The predicted molar refractivity (Wildman–Crippen MR) is 127 cm³/mol. The highest BCUT2D eigenvalue weighted by molar-refractivity contribution is 5.94. The van der Waals surface area contributed by atoms with Crippen molar-refractivity contribution in [3.05, 3.63) is 95.7 Å². The molecule has 0 unspecified atom stereocenters. The Bertz CT molecular complexity index is 1110. The minimum Gasteiger partial charge on any atom is -0.200 e. The highest BCUT2D eigenvalue weighted by Crippen LogP contribution is 2.33. The summed E-state index contributed by atoms with van der Waals surface area (Å²) in [5.41, 5.74) is 8.99. The maximum absolute atomic E-state index is 4.13. The summed E-state index contributed by atoms with van der Waals surface area (Å²) < 4.78 is 2.23. The van der Waals surface area contributed by atoms with Crippen LogP contribution in [0.2, 0.25) is 0 Å². The van der Waals surface area contributed by atoms with E-state index >= 15 is 0 Å². The van der Waals surface area contributed by atoms with E-state index in [-0.39, 0.29) is 0 Å². The Morgan fingerprint density at radius 3 is 2.55 bits per heavy atom. The zero-order chi connectivity index (χ0) is 21.0. The van der Waals surface area contributed by atoms with Gasteiger partial charge >= 0.3 is 0 Å². The molecule has 3 aromatic rings. The summed E-state index contributed by atoms with van der Waals surface area (Å²) in [7, 11) is 2.13. The van der Waals surface area contributed by atoms with E-state index in [2.05, 4.69) is 98.9 Å². The number of aryl methyl sites for hydroxylation is 2. The number of benzene rings is 2. The monoisotopic (exact) mass is 382 g/mol. The fourth-order valence-corrected chi connectivity index (χ4v) is 3.95. The molecule has 0 aliphatic heterocycles. The van der Waals surface area contributed by atoms with Crippen LogP contribution in [0.4, 0.5) is 0 Å². The van der Waals surface area contributed by atoms with E-state index in [1.807, 2.05) is 13.8 Å². The van der Waals surface area contributed by atoms with Gasteiger partial charge in [-0.1, -0.05) is 68.5 Å². The fraction of sp³-hybridized carbons (Fsp3) is 0.250. The Hall–Kier alpha value is -2.93. The quantitative estimate of drug-likeness (QED) is 0.417. The van der Waals surface area contributed by atoms with Gasteiger partial charge < -0.3 is 0 Å². The van der Waals surface area contributed by atoms with Crippen molar-refractivity contribution in [3.8, 4) is 11.3 Å². The van der Waals surface area contributed by atoms with Crippen molar-refractivity contribution < 1.29 is 4.57 Å². The number of hydrogen-bond acceptors (Lipinski definition) is 0. The third-order valence-electron chi connectivity index (χ3n) is 5.53. The molecular formula is C28H32N+. The number of hydrogen-bond donors (Lipinski definition) is 0. The summed E-state index contributed by atoms with van der Waals surface area (Å²) in [6.07, 6.45) is 8.99. The molecule has 0 spiro atoms. The van der Waals surface area contributed by atoms with Gasteiger partial charge in [-0.15, -0.1) is 0 Å². The van der Waals surface area contributed by atoms with Gasteiger partial charge in [-0.3, -0.25) is 0 Å². The molecule has 0 atom stereocenters. The van der Waals surface area contributed by atoms with Crippen LogP contribution in [0.3, 0.4) is 0 Å². The number of fused-ring (bicyclic) bond motifs is 1. The van der Waals surface area contributed by atoms with Gasteiger partial charge in [-0.05, 0) is 66.5 Å². The van der Waals surface area contributed by atoms with Crippen molar-refractivity contribution in [1.82, 2.24) is 0 Å². The lowest BCUT2D eigenvalue weighted by Crippen LogP contribution is -2.30. The minimum atomic E-state index is 1.08. The summed E-state index contributed by atoms with van der Waals surface area (Å²) in [5, 5.41) is 2.57. The number of rotatable bonds is 3. The molecule has 0 bridgehead atoms. The molecule has 29 heavy (non-hydrogen) atoms. The zero-order valence-corrected chi connectivity index (χ0v) is 18.4. The van der Waals surface area contributed by atoms with E-state index in [1.54, 1.807) is 0 Å². The first-order valence-corrected chi connectivity index (χ1v) is 10.6. The van der Waals surface area contributed by atoms with Crippen LogP contribution in [0, 0.1) is 6.92 Å². The van der Waals surface area contributed by atoms with Crippen LogP contribution < -0.4 is 4.57 Å². The maximum Gasteiger partial charge on any atom is 0.220 e. The molecule has 1 aromatic heterocycles. The van der Waals surface area contributed by atoms with Gasteiger partial charge in [-0.2, -0.15) is 0 Å². The molecule has 1 heterocycles. The Balaban J connectivity index is 0.00000117. The van der Waals surface area contributed by atoms with Crippen molar-refractivity contribution in [2.24, 2.45) is 7.05 Å². The van der Waals surface area contributed by atoms with Crippen LogP contribution in [0.1, 0.15) is 44.7 Å². The first-order chi connectivity index (χ1) is 14.0. The number of pyridine rings is 1. The smallest absolute Gasteiger partial charge is 0.200 e. The molecule has 1 aliphatic carbocycles. The van der Waals surface area contributed by atoms with Gasteiger partial charge in [0.05, 0.1) is 10.9 Å². The molecule has 0 fully saturated rings. The lowest BCUT2D eigenvalue weighted by atomic mass is 9.89. The standard InChI is InChI=1S/C26H26N.C2H6/c1-18(2)21-9-7-10-22(16-21)23-13-12-19(3)25(17-23)26-24-11-6-5-8-20(24)14-15-27(26)4;1-2/h5-6,8,10-17H,1,7,9H2,2-4H3;1-2H3/q+1;. The lowest BCUT2D eigenvalue weighted by Gasteiger charge is -2.16. The second kappa shape index (κ2) is 9.05. The second-order valence-corrected chi connectivity index (χ2v) is 7.54. The van der Waals surface area contributed by atoms with Crippen molar-refractivity contribution in [1.29, 1.82) is 0 Å². The summed E-state index contributed by atoms with van der Waals surface area (Å²) in [5.74, 6) is 0. The van der Waals surface area contributed by atoms with E-state index in [1.165, 1.54) is 49.9 Å². The largest absolute Gasteiger partial charge is 0.220 e.